The quantitative estimate of drug-likeness (QED) is 0.701. The summed E-state index contributed by atoms with van der Waals surface area (Å²) in [6.07, 6.45) is 2.23. The standard InChI is InChI=1S/C8H12N2O3S/c1-13-4-2-3-9-8-10-5-6(14-8)7(11)12/h5H,2-4H2,1H3,(H,9,10)(H,11,12). The third-order valence-electron chi connectivity index (χ3n) is 1.52. The molecule has 1 aromatic rings. The van der Waals surface area contributed by atoms with Crippen LogP contribution in [0.25, 0.3) is 0 Å². The molecule has 0 amide bonds. The van der Waals surface area contributed by atoms with Gasteiger partial charge in [0.25, 0.3) is 0 Å². The van der Waals surface area contributed by atoms with Crippen molar-refractivity contribution in [3.63, 3.8) is 0 Å². The molecule has 0 aromatic carbocycles. The number of carboxylic acid groups (broad SMARTS) is 1. The fourth-order valence-electron chi connectivity index (χ4n) is 0.867. The first-order valence-electron chi connectivity index (χ1n) is 4.16. The van der Waals surface area contributed by atoms with E-state index >= 15 is 0 Å². The van der Waals surface area contributed by atoms with E-state index in [0.29, 0.717) is 11.7 Å². The van der Waals surface area contributed by atoms with E-state index in [4.69, 9.17) is 9.84 Å². The van der Waals surface area contributed by atoms with Gasteiger partial charge in [-0.05, 0) is 6.42 Å². The molecule has 14 heavy (non-hydrogen) atoms. The number of methoxy groups -OCH3 is 1. The number of hydrogen-bond acceptors (Lipinski definition) is 5. The maximum absolute atomic E-state index is 10.5. The molecule has 0 aliphatic rings. The number of carbonyl (C=O) groups is 1. The van der Waals surface area contributed by atoms with Gasteiger partial charge in [0.2, 0.25) is 0 Å². The van der Waals surface area contributed by atoms with E-state index in [-0.39, 0.29) is 4.88 Å². The summed E-state index contributed by atoms with van der Waals surface area (Å²) >= 11 is 1.14. The Morgan fingerprint density at radius 3 is 3.14 bits per heavy atom. The molecule has 0 aliphatic heterocycles. The van der Waals surface area contributed by atoms with Crippen LogP contribution in [-0.4, -0.2) is 36.3 Å². The molecule has 0 saturated heterocycles. The van der Waals surface area contributed by atoms with Crippen molar-refractivity contribution in [2.45, 2.75) is 6.42 Å². The second-order valence-electron chi connectivity index (χ2n) is 2.61. The van der Waals surface area contributed by atoms with Crippen molar-refractivity contribution in [1.29, 1.82) is 0 Å². The van der Waals surface area contributed by atoms with Crippen LogP contribution in [0.5, 0.6) is 0 Å². The molecular formula is C8H12N2O3S. The second-order valence-corrected chi connectivity index (χ2v) is 3.64. The number of thiazole rings is 1. The van der Waals surface area contributed by atoms with Crippen molar-refractivity contribution in [1.82, 2.24) is 4.98 Å². The molecule has 0 bridgehead atoms. The lowest BCUT2D eigenvalue weighted by Crippen LogP contribution is -2.03. The molecule has 0 unspecified atom stereocenters. The monoisotopic (exact) mass is 216 g/mol. The van der Waals surface area contributed by atoms with E-state index < -0.39 is 5.97 Å². The van der Waals surface area contributed by atoms with Gasteiger partial charge in [-0.1, -0.05) is 11.3 Å². The number of carboxylic acids is 1. The molecule has 5 nitrogen and oxygen atoms in total. The minimum absolute atomic E-state index is 0.249. The lowest BCUT2D eigenvalue weighted by molar-refractivity contribution is 0.0702. The van der Waals surface area contributed by atoms with Gasteiger partial charge in [0.15, 0.2) is 5.13 Å². The highest BCUT2D eigenvalue weighted by Gasteiger charge is 2.07. The van der Waals surface area contributed by atoms with E-state index in [9.17, 15) is 4.79 Å². The Bertz CT molecular complexity index is 301. The molecule has 0 aliphatic carbocycles. The van der Waals surface area contributed by atoms with E-state index in [1.807, 2.05) is 0 Å². The molecule has 6 heteroatoms. The van der Waals surface area contributed by atoms with E-state index in [2.05, 4.69) is 10.3 Å². The number of anilines is 1. The highest BCUT2D eigenvalue weighted by atomic mass is 32.1. The summed E-state index contributed by atoms with van der Waals surface area (Å²) in [5.41, 5.74) is 0. The van der Waals surface area contributed by atoms with E-state index in [0.717, 1.165) is 24.3 Å². The van der Waals surface area contributed by atoms with Crippen molar-refractivity contribution in [3.05, 3.63) is 11.1 Å². The van der Waals surface area contributed by atoms with Crippen molar-refractivity contribution >= 4 is 22.4 Å². The zero-order valence-electron chi connectivity index (χ0n) is 7.82. The van der Waals surface area contributed by atoms with Crippen LogP contribution >= 0.6 is 11.3 Å². The van der Waals surface area contributed by atoms with Gasteiger partial charge in [0, 0.05) is 20.3 Å². The minimum Gasteiger partial charge on any atom is -0.477 e. The first-order chi connectivity index (χ1) is 6.74. The van der Waals surface area contributed by atoms with Crippen LogP contribution in [0.2, 0.25) is 0 Å². The summed E-state index contributed by atoms with van der Waals surface area (Å²) < 4.78 is 4.87. The Kier molecular flexibility index (Phi) is 4.34. The van der Waals surface area contributed by atoms with E-state index in [1.54, 1.807) is 7.11 Å². The number of hydrogen-bond donors (Lipinski definition) is 2. The molecule has 0 radical (unpaired) electrons. The average Bonchev–Trinajstić information content (AvgIpc) is 2.61. The van der Waals surface area contributed by atoms with Crippen LogP contribution in [0.1, 0.15) is 16.1 Å². The Labute approximate surface area is 85.7 Å². The van der Waals surface area contributed by atoms with Crippen LogP contribution < -0.4 is 5.32 Å². The first kappa shape index (κ1) is 10.9. The van der Waals surface area contributed by atoms with Crippen molar-refractivity contribution < 1.29 is 14.6 Å². The van der Waals surface area contributed by atoms with Gasteiger partial charge < -0.3 is 15.2 Å². The fraction of sp³-hybridized carbons (Fsp3) is 0.500. The Hall–Kier alpha value is -1.14. The third-order valence-corrected chi connectivity index (χ3v) is 2.46. The zero-order chi connectivity index (χ0) is 10.4. The summed E-state index contributed by atoms with van der Waals surface area (Å²) in [6, 6.07) is 0. The van der Waals surface area contributed by atoms with Crippen molar-refractivity contribution in [3.8, 4) is 0 Å². The SMILES string of the molecule is COCCCNc1ncc(C(=O)O)s1. The van der Waals surface area contributed by atoms with Crippen LogP contribution in [0.4, 0.5) is 5.13 Å². The molecular weight excluding hydrogens is 204 g/mol. The lowest BCUT2D eigenvalue weighted by atomic mass is 10.4. The number of rotatable bonds is 6. The number of aromatic carboxylic acids is 1. The topological polar surface area (TPSA) is 71.5 Å². The molecule has 2 N–H and O–H groups in total. The second kappa shape index (κ2) is 5.56. The summed E-state index contributed by atoms with van der Waals surface area (Å²) in [5, 5.41) is 12.3. The molecule has 0 spiro atoms. The average molecular weight is 216 g/mol. The highest BCUT2D eigenvalue weighted by Crippen LogP contribution is 2.17. The first-order valence-corrected chi connectivity index (χ1v) is 4.97. The Balaban J connectivity index is 2.33. The lowest BCUT2D eigenvalue weighted by Gasteiger charge is -2.00. The minimum atomic E-state index is -0.938. The number of aromatic nitrogens is 1. The maximum atomic E-state index is 10.5. The molecule has 78 valence electrons. The van der Waals surface area contributed by atoms with Crippen molar-refractivity contribution in [2.75, 3.05) is 25.6 Å². The Morgan fingerprint density at radius 2 is 2.57 bits per heavy atom. The molecule has 1 rings (SSSR count). The molecule has 0 fully saturated rings. The van der Waals surface area contributed by atoms with Gasteiger partial charge >= 0.3 is 5.97 Å². The number of nitrogens with zero attached hydrogens (tertiary/aromatic N) is 1. The molecule has 0 saturated carbocycles. The largest absolute Gasteiger partial charge is 0.477 e. The fourth-order valence-corrected chi connectivity index (χ4v) is 1.55. The van der Waals surface area contributed by atoms with Crippen LogP contribution in [0.15, 0.2) is 6.20 Å². The summed E-state index contributed by atoms with van der Waals surface area (Å²) in [6.45, 7) is 1.42. The van der Waals surface area contributed by atoms with Gasteiger partial charge in [-0.15, -0.1) is 0 Å². The molecule has 1 heterocycles. The smallest absolute Gasteiger partial charge is 0.347 e. The summed E-state index contributed by atoms with van der Waals surface area (Å²) in [5.74, 6) is -0.938. The van der Waals surface area contributed by atoms with Crippen molar-refractivity contribution in [2.24, 2.45) is 0 Å². The number of ether oxygens (including phenoxy) is 1. The molecule has 1 aromatic heterocycles. The normalized spacial score (nSPS) is 10.1. The van der Waals surface area contributed by atoms with Crippen LogP contribution in [0.3, 0.4) is 0 Å². The van der Waals surface area contributed by atoms with Gasteiger partial charge in [-0.2, -0.15) is 0 Å². The van der Waals surface area contributed by atoms with E-state index in [1.165, 1.54) is 6.20 Å². The number of nitrogens with one attached hydrogen (secondary N) is 1. The summed E-state index contributed by atoms with van der Waals surface area (Å²) in [7, 11) is 1.64. The van der Waals surface area contributed by atoms with Gasteiger partial charge in [-0.25, -0.2) is 9.78 Å². The molecule has 0 atom stereocenters. The zero-order valence-corrected chi connectivity index (χ0v) is 8.63. The van der Waals surface area contributed by atoms with Gasteiger partial charge in [0.05, 0.1) is 6.20 Å². The highest BCUT2D eigenvalue weighted by molar-refractivity contribution is 7.17. The van der Waals surface area contributed by atoms with Crippen LogP contribution in [-0.2, 0) is 4.74 Å². The van der Waals surface area contributed by atoms with Gasteiger partial charge in [0.1, 0.15) is 4.88 Å². The predicted octanol–water partition coefficient (Wildman–Crippen LogP) is 1.29. The Morgan fingerprint density at radius 1 is 1.79 bits per heavy atom. The van der Waals surface area contributed by atoms with Crippen LogP contribution in [0, 0.1) is 0 Å². The summed E-state index contributed by atoms with van der Waals surface area (Å²) in [4.78, 5) is 14.7. The maximum Gasteiger partial charge on any atom is 0.347 e. The third kappa shape index (κ3) is 3.31. The van der Waals surface area contributed by atoms with Gasteiger partial charge in [-0.3, -0.25) is 0 Å². The predicted molar refractivity (Wildman–Crippen MR) is 54.1 cm³/mol.